The average Bonchev–Trinajstić information content (AvgIpc) is 2.84. The Labute approximate surface area is 113 Å². The summed E-state index contributed by atoms with van der Waals surface area (Å²) >= 11 is 8.15. The quantitative estimate of drug-likeness (QED) is 0.906. The van der Waals surface area contributed by atoms with Gasteiger partial charge in [0.25, 0.3) is 0 Å². The van der Waals surface area contributed by atoms with Crippen LogP contribution in [0.5, 0.6) is 0 Å². The fourth-order valence-electron chi connectivity index (χ4n) is 2.23. The number of benzene rings is 1. The van der Waals surface area contributed by atoms with Crippen molar-refractivity contribution in [2.45, 2.75) is 19.0 Å². The number of hydrogen-bond donors (Lipinski definition) is 1. The van der Waals surface area contributed by atoms with Crippen molar-refractivity contribution in [2.24, 2.45) is 0 Å². The molecule has 94 valence electrons. The summed E-state index contributed by atoms with van der Waals surface area (Å²) in [5.74, 6) is 2.50. The first-order chi connectivity index (χ1) is 8.22. The molecule has 0 aromatic heterocycles. The molecule has 1 aliphatic heterocycles. The molecule has 0 spiro atoms. The van der Waals surface area contributed by atoms with E-state index in [-0.39, 0.29) is 0 Å². The highest BCUT2D eigenvalue weighted by Gasteiger charge is 2.21. The Kier molecular flexibility index (Phi) is 4.60. The summed E-state index contributed by atoms with van der Waals surface area (Å²) in [7, 11) is 4.16. The van der Waals surface area contributed by atoms with Crippen LogP contribution >= 0.6 is 23.4 Å². The van der Waals surface area contributed by atoms with Gasteiger partial charge in [0, 0.05) is 36.1 Å². The Morgan fingerprint density at radius 3 is 3.00 bits per heavy atom. The monoisotopic (exact) mass is 270 g/mol. The highest BCUT2D eigenvalue weighted by molar-refractivity contribution is 7.99. The SMILES string of the molecule is CNCc1ccc(Cl)cc1N(C)C1CCSC1. The van der Waals surface area contributed by atoms with Crippen molar-refractivity contribution in [3.63, 3.8) is 0 Å². The Bertz CT molecular complexity index is 378. The van der Waals surface area contributed by atoms with Crippen LogP contribution in [0, 0.1) is 0 Å². The van der Waals surface area contributed by atoms with Crippen LogP contribution in [0.3, 0.4) is 0 Å². The van der Waals surface area contributed by atoms with E-state index in [1.54, 1.807) is 0 Å². The minimum absolute atomic E-state index is 0.647. The van der Waals surface area contributed by atoms with E-state index in [1.807, 2.05) is 24.9 Å². The average molecular weight is 271 g/mol. The lowest BCUT2D eigenvalue weighted by atomic mass is 10.1. The maximum absolute atomic E-state index is 6.12. The highest BCUT2D eigenvalue weighted by atomic mass is 35.5. The maximum atomic E-state index is 6.12. The predicted molar refractivity (Wildman–Crippen MR) is 78.3 cm³/mol. The van der Waals surface area contributed by atoms with E-state index in [1.165, 1.54) is 29.2 Å². The molecule has 0 saturated carbocycles. The molecule has 0 amide bonds. The van der Waals surface area contributed by atoms with Crippen LogP contribution in [0.25, 0.3) is 0 Å². The minimum Gasteiger partial charge on any atom is -0.370 e. The van der Waals surface area contributed by atoms with Gasteiger partial charge >= 0.3 is 0 Å². The number of thioether (sulfide) groups is 1. The fraction of sp³-hybridized carbons (Fsp3) is 0.538. The van der Waals surface area contributed by atoms with Gasteiger partial charge in [-0.25, -0.2) is 0 Å². The summed E-state index contributed by atoms with van der Waals surface area (Å²) in [5, 5.41) is 4.03. The van der Waals surface area contributed by atoms with Crippen molar-refractivity contribution < 1.29 is 0 Å². The zero-order chi connectivity index (χ0) is 12.3. The Balaban J connectivity index is 2.24. The standard InChI is InChI=1S/C13H19ClN2S/c1-15-8-10-3-4-11(14)7-13(10)16(2)12-5-6-17-9-12/h3-4,7,12,15H,5-6,8-9H2,1-2H3. The molecule has 17 heavy (non-hydrogen) atoms. The predicted octanol–water partition coefficient (Wildman–Crippen LogP) is 3.00. The van der Waals surface area contributed by atoms with Crippen LogP contribution in [-0.2, 0) is 6.54 Å². The molecule has 0 radical (unpaired) electrons. The van der Waals surface area contributed by atoms with E-state index >= 15 is 0 Å². The highest BCUT2D eigenvalue weighted by Crippen LogP contribution is 2.30. The maximum Gasteiger partial charge on any atom is 0.0426 e. The van der Waals surface area contributed by atoms with Crippen molar-refractivity contribution in [3.05, 3.63) is 28.8 Å². The van der Waals surface area contributed by atoms with Gasteiger partial charge in [-0.2, -0.15) is 11.8 Å². The summed E-state index contributed by atoms with van der Waals surface area (Å²) in [5.41, 5.74) is 2.58. The summed E-state index contributed by atoms with van der Waals surface area (Å²) in [6.45, 7) is 0.886. The summed E-state index contributed by atoms with van der Waals surface area (Å²) in [6, 6.07) is 6.81. The van der Waals surface area contributed by atoms with E-state index < -0.39 is 0 Å². The van der Waals surface area contributed by atoms with Gasteiger partial charge in [-0.15, -0.1) is 0 Å². The fourth-order valence-corrected chi connectivity index (χ4v) is 3.66. The van der Waals surface area contributed by atoms with Crippen molar-refractivity contribution in [3.8, 4) is 0 Å². The molecule has 1 aromatic rings. The van der Waals surface area contributed by atoms with E-state index in [2.05, 4.69) is 29.4 Å². The second-order valence-electron chi connectivity index (χ2n) is 4.43. The lowest BCUT2D eigenvalue weighted by Gasteiger charge is -2.28. The molecule has 0 bridgehead atoms. The number of halogens is 1. The minimum atomic E-state index is 0.647. The molecule has 1 fully saturated rings. The van der Waals surface area contributed by atoms with Crippen LogP contribution in [0.2, 0.25) is 5.02 Å². The largest absolute Gasteiger partial charge is 0.370 e. The van der Waals surface area contributed by atoms with E-state index in [0.29, 0.717) is 6.04 Å². The van der Waals surface area contributed by atoms with Gasteiger partial charge in [-0.05, 0) is 36.9 Å². The lowest BCUT2D eigenvalue weighted by molar-refractivity contribution is 0.692. The number of nitrogens with one attached hydrogen (secondary N) is 1. The summed E-state index contributed by atoms with van der Waals surface area (Å²) in [4.78, 5) is 2.39. The first-order valence-corrected chi connectivity index (χ1v) is 7.49. The third-order valence-corrected chi connectivity index (χ3v) is 4.63. The second kappa shape index (κ2) is 5.98. The van der Waals surface area contributed by atoms with E-state index in [9.17, 15) is 0 Å². The molecule has 1 aromatic carbocycles. The van der Waals surface area contributed by atoms with Crippen LogP contribution < -0.4 is 10.2 Å². The van der Waals surface area contributed by atoms with Crippen LogP contribution in [-0.4, -0.2) is 31.6 Å². The van der Waals surface area contributed by atoms with Crippen molar-refractivity contribution in [1.82, 2.24) is 5.32 Å². The molecular weight excluding hydrogens is 252 g/mol. The number of rotatable bonds is 4. The first-order valence-electron chi connectivity index (χ1n) is 5.96. The first kappa shape index (κ1) is 13.1. The molecular formula is C13H19ClN2S. The Morgan fingerprint density at radius 1 is 1.53 bits per heavy atom. The van der Waals surface area contributed by atoms with Gasteiger partial charge in [-0.3, -0.25) is 0 Å². The summed E-state index contributed by atoms with van der Waals surface area (Å²) in [6.07, 6.45) is 1.27. The normalized spacial score (nSPS) is 19.6. The molecule has 4 heteroatoms. The smallest absolute Gasteiger partial charge is 0.0426 e. The zero-order valence-corrected chi connectivity index (χ0v) is 11.9. The van der Waals surface area contributed by atoms with Crippen molar-refractivity contribution >= 4 is 29.1 Å². The molecule has 2 nitrogen and oxygen atoms in total. The van der Waals surface area contributed by atoms with Crippen LogP contribution in [0.4, 0.5) is 5.69 Å². The molecule has 1 atom stereocenters. The lowest BCUT2D eigenvalue weighted by Crippen LogP contribution is -2.32. The Hall–Kier alpha value is -0.380. The zero-order valence-electron chi connectivity index (χ0n) is 10.4. The van der Waals surface area contributed by atoms with Gasteiger partial charge < -0.3 is 10.2 Å². The topological polar surface area (TPSA) is 15.3 Å². The van der Waals surface area contributed by atoms with Gasteiger partial charge in [0.1, 0.15) is 0 Å². The second-order valence-corrected chi connectivity index (χ2v) is 6.02. The molecule has 2 rings (SSSR count). The molecule has 1 saturated heterocycles. The van der Waals surface area contributed by atoms with E-state index in [0.717, 1.165) is 11.6 Å². The van der Waals surface area contributed by atoms with Gasteiger partial charge in [0.05, 0.1) is 0 Å². The Morgan fingerprint density at radius 2 is 2.35 bits per heavy atom. The van der Waals surface area contributed by atoms with Gasteiger partial charge in [0.2, 0.25) is 0 Å². The molecule has 1 unspecified atom stereocenters. The van der Waals surface area contributed by atoms with E-state index in [4.69, 9.17) is 11.6 Å². The number of nitrogens with zero attached hydrogens (tertiary/aromatic N) is 1. The van der Waals surface area contributed by atoms with Crippen LogP contribution in [0.15, 0.2) is 18.2 Å². The van der Waals surface area contributed by atoms with Crippen molar-refractivity contribution in [2.75, 3.05) is 30.5 Å². The van der Waals surface area contributed by atoms with Gasteiger partial charge in [-0.1, -0.05) is 17.7 Å². The van der Waals surface area contributed by atoms with Crippen molar-refractivity contribution in [1.29, 1.82) is 0 Å². The molecule has 1 heterocycles. The third kappa shape index (κ3) is 3.09. The molecule has 0 aliphatic carbocycles. The van der Waals surface area contributed by atoms with Crippen LogP contribution in [0.1, 0.15) is 12.0 Å². The molecule has 1 N–H and O–H groups in total. The number of hydrogen-bond acceptors (Lipinski definition) is 3. The molecule has 1 aliphatic rings. The summed E-state index contributed by atoms with van der Waals surface area (Å²) < 4.78 is 0. The number of anilines is 1. The third-order valence-electron chi connectivity index (χ3n) is 3.25. The van der Waals surface area contributed by atoms with Gasteiger partial charge in [0.15, 0.2) is 0 Å².